The van der Waals surface area contributed by atoms with Crippen molar-refractivity contribution in [1.82, 2.24) is 0 Å². The highest BCUT2D eigenvalue weighted by atomic mass is 16.3. The minimum atomic E-state index is -0.152. The van der Waals surface area contributed by atoms with Gasteiger partial charge in [0.2, 0.25) is 0 Å². The Morgan fingerprint density at radius 2 is 1.15 bits per heavy atom. The fourth-order valence-corrected chi connectivity index (χ4v) is 12.1. The molecule has 0 unspecified atom stereocenters. The molecule has 9 aromatic carbocycles. The normalized spacial score (nSPS) is 15.8. The Kier molecular flexibility index (Phi) is 8.41. The molecule has 1 aliphatic carbocycles. The van der Waals surface area contributed by atoms with Crippen LogP contribution in [0, 0.1) is 6.92 Å². The van der Waals surface area contributed by atoms with Crippen molar-refractivity contribution in [3.63, 3.8) is 0 Å². The monoisotopic (exact) mass is 866 g/mol. The van der Waals surface area contributed by atoms with E-state index >= 15 is 0 Å². The smallest absolute Gasteiger partial charge is 0.333 e. The molecule has 0 saturated carbocycles. The van der Waals surface area contributed by atoms with Gasteiger partial charge in [-0.05, 0) is 162 Å². The number of furan rings is 1. The largest absolute Gasteiger partial charge is 0.456 e. The molecular formula is C63H55BN2O. The van der Waals surface area contributed by atoms with Gasteiger partial charge in [-0.15, -0.1) is 0 Å². The molecule has 1 aromatic heterocycles. The molecule has 3 nitrogen and oxygen atoms in total. The number of anilines is 5. The van der Waals surface area contributed by atoms with Crippen LogP contribution in [0.15, 0.2) is 168 Å². The summed E-state index contributed by atoms with van der Waals surface area (Å²) in [6.45, 7) is 18.7. The van der Waals surface area contributed by atoms with Crippen LogP contribution in [0.2, 0.25) is 0 Å². The molecule has 13 rings (SSSR count). The highest BCUT2D eigenvalue weighted by Gasteiger charge is 2.47. The van der Waals surface area contributed by atoms with Crippen LogP contribution in [0.25, 0.3) is 65.7 Å². The summed E-state index contributed by atoms with van der Waals surface area (Å²) in [6, 6.07) is 62.2. The zero-order valence-electron chi connectivity index (χ0n) is 39.9. The maximum absolute atomic E-state index is 7.12. The van der Waals surface area contributed by atoms with Gasteiger partial charge in [0, 0.05) is 50.8 Å². The van der Waals surface area contributed by atoms with E-state index in [1.54, 1.807) is 0 Å². The van der Waals surface area contributed by atoms with Crippen LogP contribution in [-0.4, -0.2) is 6.85 Å². The molecule has 67 heavy (non-hydrogen) atoms. The lowest BCUT2D eigenvalue weighted by Crippen LogP contribution is -2.61. The van der Waals surface area contributed by atoms with Crippen LogP contribution in [0.5, 0.6) is 0 Å². The van der Waals surface area contributed by atoms with E-state index in [0.717, 1.165) is 35.4 Å². The number of aryl methyl sites for hydroxylation is 1. The third-order valence-corrected chi connectivity index (χ3v) is 15.9. The van der Waals surface area contributed by atoms with Gasteiger partial charge in [0.1, 0.15) is 11.2 Å². The molecule has 3 heterocycles. The fraction of sp³-hybridized carbons (Fsp3) is 0.206. The second-order valence-electron chi connectivity index (χ2n) is 22.1. The van der Waals surface area contributed by atoms with E-state index in [4.69, 9.17) is 4.42 Å². The summed E-state index contributed by atoms with van der Waals surface area (Å²) < 4.78 is 7.12. The lowest BCUT2D eigenvalue weighted by molar-refractivity contribution is 0.332. The topological polar surface area (TPSA) is 19.6 Å². The van der Waals surface area contributed by atoms with Gasteiger partial charge in [-0.1, -0.05) is 152 Å². The van der Waals surface area contributed by atoms with E-state index in [9.17, 15) is 0 Å². The number of hydrogen-bond donors (Lipinski definition) is 0. The number of nitrogens with zero attached hydrogens (tertiary/aromatic N) is 2. The van der Waals surface area contributed by atoms with Gasteiger partial charge in [0.05, 0.1) is 0 Å². The predicted molar refractivity (Wildman–Crippen MR) is 287 cm³/mol. The van der Waals surface area contributed by atoms with E-state index in [0.29, 0.717) is 0 Å². The molecule has 0 N–H and O–H groups in total. The quantitative estimate of drug-likeness (QED) is 0.165. The summed E-state index contributed by atoms with van der Waals surface area (Å²) in [7, 11) is 0. The van der Waals surface area contributed by atoms with Crippen molar-refractivity contribution in [2.24, 2.45) is 0 Å². The first-order valence-corrected chi connectivity index (χ1v) is 24.2. The van der Waals surface area contributed by atoms with Gasteiger partial charge in [-0.25, -0.2) is 0 Å². The van der Waals surface area contributed by atoms with Crippen molar-refractivity contribution in [3.05, 3.63) is 186 Å². The Bertz CT molecular complexity index is 3700. The van der Waals surface area contributed by atoms with Crippen LogP contribution in [-0.2, 0) is 16.2 Å². The molecule has 0 atom stereocenters. The first kappa shape index (κ1) is 40.3. The Hall–Kier alpha value is -7.04. The van der Waals surface area contributed by atoms with Gasteiger partial charge >= 0.3 is 6.85 Å². The number of hydrogen-bond acceptors (Lipinski definition) is 3. The first-order valence-electron chi connectivity index (χ1n) is 24.2. The average Bonchev–Trinajstić information content (AvgIpc) is 3.68. The van der Waals surface area contributed by atoms with Gasteiger partial charge in [0.15, 0.2) is 0 Å². The standard InChI is InChI=1S/C63H55BN2O/c1-38-30-42(39-16-10-9-11-17-39)22-27-53(38)65-55-37-58-48(47-34-50-51(36-57(47)67-58)63(7,8)29-28-62(50,5)6)35-52(55)64-60-56(65)33-43-20-14-15-21-46(43)59(60)49-31-40-18-12-13-19-41(40)32-54(49)66(64)45-25-23-44(24-26-45)61(2,3)4/h9-27,30-37H,28-29H2,1-8H3. The third-order valence-electron chi connectivity index (χ3n) is 15.9. The van der Waals surface area contributed by atoms with Crippen molar-refractivity contribution in [1.29, 1.82) is 0 Å². The molecule has 4 heteroatoms. The van der Waals surface area contributed by atoms with Crippen molar-refractivity contribution in [3.8, 4) is 22.3 Å². The van der Waals surface area contributed by atoms with Crippen molar-refractivity contribution in [2.45, 2.75) is 84.5 Å². The van der Waals surface area contributed by atoms with Crippen LogP contribution in [0.3, 0.4) is 0 Å². The molecular weight excluding hydrogens is 812 g/mol. The lowest BCUT2D eigenvalue weighted by atomic mass is 9.43. The molecule has 2 aliphatic heterocycles. The Morgan fingerprint density at radius 1 is 0.522 bits per heavy atom. The summed E-state index contributed by atoms with van der Waals surface area (Å²) >= 11 is 0. The molecule has 0 radical (unpaired) electrons. The highest BCUT2D eigenvalue weighted by Crippen LogP contribution is 2.53. The minimum Gasteiger partial charge on any atom is -0.456 e. The molecule has 10 aromatic rings. The lowest BCUT2D eigenvalue weighted by Gasteiger charge is -2.46. The molecule has 0 saturated heterocycles. The van der Waals surface area contributed by atoms with Crippen LogP contribution in [0.4, 0.5) is 28.4 Å². The van der Waals surface area contributed by atoms with E-state index in [-0.39, 0.29) is 23.1 Å². The SMILES string of the molecule is Cc1cc(-c2ccccc2)ccc1N1c2cc3oc4cc5c(cc4c3cc2B2c3c1cc1ccccc1c3-c1cc3ccccc3cc1N2c1ccc(C(C)(C)C)cc1)C(C)(C)CCC5(C)C. The zero-order chi connectivity index (χ0) is 45.7. The molecule has 0 fully saturated rings. The molecule has 0 spiro atoms. The van der Waals surface area contributed by atoms with E-state index < -0.39 is 0 Å². The second-order valence-corrected chi connectivity index (χ2v) is 22.1. The van der Waals surface area contributed by atoms with E-state index in [1.807, 2.05) is 0 Å². The minimum absolute atomic E-state index is 0.0238. The van der Waals surface area contributed by atoms with Gasteiger partial charge in [0.25, 0.3) is 0 Å². The summed E-state index contributed by atoms with van der Waals surface area (Å²) in [4.78, 5) is 5.23. The third kappa shape index (κ3) is 5.97. The molecule has 3 aliphatic rings. The number of rotatable bonds is 3. The van der Waals surface area contributed by atoms with Crippen molar-refractivity contribution in [2.75, 3.05) is 9.71 Å². The zero-order valence-corrected chi connectivity index (χ0v) is 39.9. The summed E-state index contributed by atoms with van der Waals surface area (Å²) in [6.07, 6.45) is 2.32. The molecule has 0 amide bonds. The fourth-order valence-electron chi connectivity index (χ4n) is 12.1. The van der Waals surface area contributed by atoms with Gasteiger partial charge < -0.3 is 14.1 Å². The average molecular weight is 867 g/mol. The highest BCUT2D eigenvalue weighted by molar-refractivity contribution is 6.94. The van der Waals surface area contributed by atoms with Crippen LogP contribution < -0.4 is 20.6 Å². The van der Waals surface area contributed by atoms with Crippen molar-refractivity contribution >= 4 is 89.7 Å². The van der Waals surface area contributed by atoms with Crippen molar-refractivity contribution < 1.29 is 4.42 Å². The maximum Gasteiger partial charge on any atom is 0.333 e. The Morgan fingerprint density at radius 3 is 1.87 bits per heavy atom. The Labute approximate surface area is 394 Å². The number of fused-ring (bicyclic) bond motifs is 11. The summed E-state index contributed by atoms with van der Waals surface area (Å²) in [5.41, 5.74) is 21.0. The maximum atomic E-state index is 7.12. The predicted octanol–water partition coefficient (Wildman–Crippen LogP) is 16.2. The van der Waals surface area contributed by atoms with Crippen LogP contribution in [0.1, 0.15) is 83.6 Å². The van der Waals surface area contributed by atoms with E-state index in [2.05, 4.69) is 229 Å². The first-order chi connectivity index (χ1) is 32.2. The molecule has 0 bridgehead atoms. The second kappa shape index (κ2) is 14.0. The van der Waals surface area contributed by atoms with Gasteiger partial charge in [-0.3, -0.25) is 0 Å². The molecule has 326 valence electrons. The van der Waals surface area contributed by atoms with E-state index in [1.165, 1.54) is 105 Å². The van der Waals surface area contributed by atoms with Gasteiger partial charge in [-0.2, -0.15) is 0 Å². The Balaban J connectivity index is 1.17. The summed E-state index contributed by atoms with van der Waals surface area (Å²) in [5.74, 6) is 0. The number of benzene rings is 9. The van der Waals surface area contributed by atoms with Crippen LogP contribution >= 0.6 is 0 Å². The summed E-state index contributed by atoms with van der Waals surface area (Å²) in [5, 5.41) is 7.35.